The summed E-state index contributed by atoms with van der Waals surface area (Å²) < 4.78 is 13.0. The second kappa shape index (κ2) is 4.31. The first kappa shape index (κ1) is 9.97. The van der Waals surface area contributed by atoms with Crippen molar-refractivity contribution in [2.45, 2.75) is 19.3 Å². The van der Waals surface area contributed by atoms with Crippen LogP contribution in [0.25, 0.3) is 0 Å². The van der Waals surface area contributed by atoms with Crippen LogP contribution >= 0.6 is 0 Å². The molecule has 0 unspecified atom stereocenters. The van der Waals surface area contributed by atoms with E-state index >= 15 is 0 Å². The van der Waals surface area contributed by atoms with Gasteiger partial charge < -0.3 is 5.32 Å². The van der Waals surface area contributed by atoms with E-state index in [2.05, 4.69) is 5.32 Å². The molecule has 2 nitrogen and oxygen atoms in total. The van der Waals surface area contributed by atoms with Crippen molar-refractivity contribution >= 4 is 5.69 Å². The van der Waals surface area contributed by atoms with Crippen LogP contribution in [0.15, 0.2) is 18.2 Å². The van der Waals surface area contributed by atoms with E-state index in [1.807, 2.05) is 6.07 Å². The Labute approximate surface area is 88.7 Å². The fourth-order valence-corrected chi connectivity index (χ4v) is 1.58. The zero-order chi connectivity index (χ0) is 10.7. The van der Waals surface area contributed by atoms with Crippen molar-refractivity contribution in [2.75, 3.05) is 11.9 Å². The zero-order valence-corrected chi connectivity index (χ0v) is 8.46. The molecule has 3 heteroatoms. The molecule has 0 saturated heterocycles. The zero-order valence-electron chi connectivity index (χ0n) is 8.46. The van der Waals surface area contributed by atoms with Gasteiger partial charge in [-0.2, -0.15) is 5.26 Å². The third-order valence-corrected chi connectivity index (χ3v) is 2.61. The lowest BCUT2D eigenvalue weighted by atomic mass is 10.2. The van der Waals surface area contributed by atoms with E-state index in [0.29, 0.717) is 11.3 Å². The van der Waals surface area contributed by atoms with Gasteiger partial charge in [0.15, 0.2) is 0 Å². The number of rotatable bonds is 4. The van der Waals surface area contributed by atoms with E-state index < -0.39 is 0 Å². The molecule has 0 radical (unpaired) electrons. The van der Waals surface area contributed by atoms with Crippen LogP contribution in [0.5, 0.6) is 0 Å². The number of halogens is 1. The van der Waals surface area contributed by atoms with Gasteiger partial charge in [-0.1, -0.05) is 12.8 Å². The second-order valence-electron chi connectivity index (χ2n) is 4.00. The normalized spacial score (nSPS) is 14.7. The maximum absolute atomic E-state index is 13.0. The molecule has 1 aromatic carbocycles. The molecule has 0 aliphatic heterocycles. The summed E-state index contributed by atoms with van der Waals surface area (Å²) in [6.07, 6.45) is 3.79. The number of benzene rings is 1. The largest absolute Gasteiger partial charge is 0.385 e. The van der Waals surface area contributed by atoms with Crippen LogP contribution < -0.4 is 5.32 Å². The van der Waals surface area contributed by atoms with Crippen molar-refractivity contribution in [3.8, 4) is 6.07 Å². The number of anilines is 1. The summed E-state index contributed by atoms with van der Waals surface area (Å²) in [7, 11) is 0. The molecule has 0 heterocycles. The highest BCUT2D eigenvalue weighted by Gasteiger charge is 2.20. The molecular formula is C12H13FN2. The molecule has 0 atom stereocenters. The Morgan fingerprint density at radius 3 is 2.87 bits per heavy atom. The molecule has 1 aromatic rings. The van der Waals surface area contributed by atoms with Gasteiger partial charge in [-0.05, 0) is 30.5 Å². The number of nitriles is 1. The van der Waals surface area contributed by atoms with E-state index in [9.17, 15) is 4.39 Å². The predicted molar refractivity (Wildman–Crippen MR) is 56.9 cm³/mol. The molecule has 0 aromatic heterocycles. The van der Waals surface area contributed by atoms with Gasteiger partial charge in [-0.15, -0.1) is 0 Å². The van der Waals surface area contributed by atoms with E-state index in [4.69, 9.17) is 5.26 Å². The van der Waals surface area contributed by atoms with Gasteiger partial charge in [0.25, 0.3) is 0 Å². The Balaban J connectivity index is 1.94. The minimum Gasteiger partial charge on any atom is -0.385 e. The highest BCUT2D eigenvalue weighted by molar-refractivity contribution is 5.49. The van der Waals surface area contributed by atoms with E-state index in [0.717, 1.165) is 18.9 Å². The van der Waals surface area contributed by atoms with E-state index in [1.54, 1.807) is 6.07 Å². The molecule has 0 amide bonds. The minimum atomic E-state index is -0.358. The topological polar surface area (TPSA) is 35.8 Å². The summed E-state index contributed by atoms with van der Waals surface area (Å²) >= 11 is 0. The maximum Gasteiger partial charge on any atom is 0.126 e. The van der Waals surface area contributed by atoms with Gasteiger partial charge in [-0.25, -0.2) is 4.39 Å². The average molecular weight is 204 g/mol. The summed E-state index contributed by atoms with van der Waals surface area (Å²) in [6.45, 7) is 0.860. The predicted octanol–water partition coefficient (Wildman–Crippen LogP) is 2.91. The van der Waals surface area contributed by atoms with Gasteiger partial charge in [-0.3, -0.25) is 0 Å². The molecule has 1 aliphatic rings. The van der Waals surface area contributed by atoms with Crippen LogP contribution in [0.3, 0.4) is 0 Å². The van der Waals surface area contributed by atoms with Gasteiger partial charge in [0, 0.05) is 12.2 Å². The molecule has 1 N–H and O–H groups in total. The van der Waals surface area contributed by atoms with Gasteiger partial charge in [0.1, 0.15) is 5.82 Å². The highest BCUT2D eigenvalue weighted by Crippen LogP contribution is 2.32. The molecule has 0 bridgehead atoms. The number of nitrogens with one attached hydrogen (secondary N) is 1. The van der Waals surface area contributed by atoms with E-state index in [1.165, 1.54) is 25.0 Å². The first-order chi connectivity index (χ1) is 7.28. The number of hydrogen-bond acceptors (Lipinski definition) is 2. The molecule has 1 saturated carbocycles. The van der Waals surface area contributed by atoms with Crippen molar-refractivity contribution in [1.82, 2.24) is 0 Å². The Hall–Kier alpha value is -1.56. The standard InChI is InChI=1S/C12H13FN2/c13-11-5-10(8-14)6-12(7-11)15-4-3-9-1-2-9/h5-7,9,15H,1-4H2. The van der Waals surface area contributed by atoms with Crippen LogP contribution in [0.1, 0.15) is 24.8 Å². The minimum absolute atomic E-state index is 0.358. The van der Waals surface area contributed by atoms with Crippen molar-refractivity contribution in [1.29, 1.82) is 5.26 Å². The van der Waals surface area contributed by atoms with Gasteiger partial charge >= 0.3 is 0 Å². The van der Waals surface area contributed by atoms with Crippen molar-refractivity contribution in [3.63, 3.8) is 0 Å². The van der Waals surface area contributed by atoms with Gasteiger partial charge in [0.05, 0.1) is 11.6 Å². The molecule has 0 spiro atoms. The molecule has 1 aliphatic carbocycles. The monoisotopic (exact) mass is 204 g/mol. The lowest BCUT2D eigenvalue weighted by molar-refractivity contribution is 0.627. The number of hydrogen-bond donors (Lipinski definition) is 1. The maximum atomic E-state index is 13.0. The summed E-state index contributed by atoms with van der Waals surface area (Å²) in [5.74, 6) is 0.504. The summed E-state index contributed by atoms with van der Waals surface area (Å²) in [5.41, 5.74) is 1.07. The van der Waals surface area contributed by atoms with Crippen LogP contribution in [0.2, 0.25) is 0 Å². The van der Waals surface area contributed by atoms with Crippen LogP contribution in [-0.4, -0.2) is 6.54 Å². The van der Waals surface area contributed by atoms with Crippen molar-refractivity contribution < 1.29 is 4.39 Å². The number of nitrogens with zero attached hydrogens (tertiary/aromatic N) is 1. The summed E-state index contributed by atoms with van der Waals surface area (Å²) in [5, 5.41) is 11.8. The summed E-state index contributed by atoms with van der Waals surface area (Å²) in [6, 6.07) is 6.28. The second-order valence-corrected chi connectivity index (χ2v) is 4.00. The molecule has 2 rings (SSSR count). The fraction of sp³-hybridized carbons (Fsp3) is 0.417. The Morgan fingerprint density at radius 1 is 1.40 bits per heavy atom. The highest BCUT2D eigenvalue weighted by atomic mass is 19.1. The quantitative estimate of drug-likeness (QED) is 0.818. The lowest BCUT2D eigenvalue weighted by Crippen LogP contribution is -2.02. The third kappa shape index (κ3) is 2.95. The lowest BCUT2D eigenvalue weighted by Gasteiger charge is -2.06. The first-order valence-electron chi connectivity index (χ1n) is 5.22. The third-order valence-electron chi connectivity index (χ3n) is 2.61. The molecular weight excluding hydrogens is 191 g/mol. The first-order valence-corrected chi connectivity index (χ1v) is 5.22. The Kier molecular flexibility index (Phi) is 2.86. The average Bonchev–Trinajstić information content (AvgIpc) is 3.01. The molecule has 15 heavy (non-hydrogen) atoms. The smallest absolute Gasteiger partial charge is 0.126 e. The van der Waals surface area contributed by atoms with Crippen molar-refractivity contribution in [3.05, 3.63) is 29.6 Å². The molecule has 1 fully saturated rings. The SMILES string of the molecule is N#Cc1cc(F)cc(NCCC2CC2)c1. The van der Waals surface area contributed by atoms with Gasteiger partial charge in [0.2, 0.25) is 0 Å². The Morgan fingerprint density at radius 2 is 2.20 bits per heavy atom. The molecule has 78 valence electrons. The van der Waals surface area contributed by atoms with E-state index in [-0.39, 0.29) is 5.82 Å². The van der Waals surface area contributed by atoms with Crippen LogP contribution in [-0.2, 0) is 0 Å². The van der Waals surface area contributed by atoms with Crippen LogP contribution in [0.4, 0.5) is 10.1 Å². The fourth-order valence-electron chi connectivity index (χ4n) is 1.58. The van der Waals surface area contributed by atoms with Crippen molar-refractivity contribution in [2.24, 2.45) is 5.92 Å². The van der Waals surface area contributed by atoms with Crippen LogP contribution in [0, 0.1) is 23.1 Å². The Bertz CT molecular complexity index is 391. The summed E-state index contributed by atoms with van der Waals surface area (Å²) in [4.78, 5) is 0.